The molecule has 0 unspecified atom stereocenters. The third kappa shape index (κ3) is 5.34. The van der Waals surface area contributed by atoms with E-state index in [0.29, 0.717) is 0 Å². The first-order valence-electron chi connectivity index (χ1n) is 2.82. The molecule has 0 atom stereocenters. The highest BCUT2D eigenvalue weighted by Crippen LogP contribution is 1.72. The third-order valence-electron chi connectivity index (χ3n) is 0.674. The van der Waals surface area contributed by atoms with Crippen LogP contribution in [0.4, 0.5) is 0 Å². The minimum atomic E-state index is 0.909. The van der Waals surface area contributed by atoms with Crippen LogP contribution in [-0.2, 0) is 0 Å². The van der Waals surface area contributed by atoms with Crippen molar-refractivity contribution < 1.29 is 0 Å². The maximum absolute atomic E-state index is 4.01. The van der Waals surface area contributed by atoms with E-state index in [1.807, 2.05) is 0 Å². The lowest BCUT2D eigenvalue weighted by Gasteiger charge is -1.79. The number of hydrogen-bond acceptors (Lipinski definition) is 2. The summed E-state index contributed by atoms with van der Waals surface area (Å²) in [5.74, 6) is 0. The first kappa shape index (κ1) is 7.34. The quantitative estimate of drug-likeness (QED) is 0.489. The predicted octanol–water partition coefficient (Wildman–Crippen LogP) is 1.17. The fourth-order valence-electron chi connectivity index (χ4n) is 0.317. The molecule has 0 saturated heterocycles. The minimum Gasteiger partial charge on any atom is -0.295 e. The van der Waals surface area contributed by atoms with Gasteiger partial charge in [0.15, 0.2) is 0 Å². The van der Waals surface area contributed by atoms with Crippen LogP contribution < -0.4 is 0 Å². The Hall–Kier alpha value is -0.660. The molecule has 0 aliphatic rings. The van der Waals surface area contributed by atoms with Crippen molar-refractivity contribution in [3.63, 3.8) is 0 Å². The van der Waals surface area contributed by atoms with Crippen molar-refractivity contribution in [2.45, 2.75) is 13.3 Å². The van der Waals surface area contributed by atoms with Crippen molar-refractivity contribution in [3.8, 4) is 0 Å². The Labute approximate surface area is 50.4 Å². The van der Waals surface area contributed by atoms with Crippen molar-refractivity contribution >= 4 is 12.4 Å². The normalized spacial score (nSPS) is 11.8. The average molecular weight is 112 g/mol. The molecule has 0 spiro atoms. The van der Waals surface area contributed by atoms with Gasteiger partial charge in [-0.2, -0.15) is 0 Å². The molecule has 2 heteroatoms. The van der Waals surface area contributed by atoms with Gasteiger partial charge in [-0.1, -0.05) is 6.92 Å². The second kappa shape index (κ2) is 6.34. The van der Waals surface area contributed by atoms with Crippen LogP contribution in [0.2, 0.25) is 0 Å². The Kier molecular flexibility index (Phi) is 5.82. The van der Waals surface area contributed by atoms with Gasteiger partial charge >= 0.3 is 0 Å². The highest BCUT2D eigenvalue weighted by molar-refractivity contribution is 6.15. The molecule has 0 aromatic rings. The summed E-state index contributed by atoms with van der Waals surface area (Å²) in [7, 11) is 1.73. The molecule has 0 amide bonds. The van der Waals surface area contributed by atoms with E-state index >= 15 is 0 Å². The van der Waals surface area contributed by atoms with E-state index < -0.39 is 0 Å². The van der Waals surface area contributed by atoms with E-state index in [9.17, 15) is 0 Å². The van der Waals surface area contributed by atoms with Crippen LogP contribution in [0.1, 0.15) is 13.3 Å². The zero-order valence-electron chi connectivity index (χ0n) is 5.46. The molecule has 46 valence electrons. The van der Waals surface area contributed by atoms with Gasteiger partial charge in [0.2, 0.25) is 0 Å². The zero-order valence-corrected chi connectivity index (χ0v) is 5.46. The van der Waals surface area contributed by atoms with E-state index in [-0.39, 0.29) is 0 Å². The third-order valence-corrected chi connectivity index (χ3v) is 0.674. The smallest absolute Gasteiger partial charge is 0.0390 e. The molecule has 0 aromatic carbocycles. The highest BCUT2D eigenvalue weighted by Gasteiger charge is 1.67. The highest BCUT2D eigenvalue weighted by atomic mass is 14.7. The lowest BCUT2D eigenvalue weighted by atomic mass is 10.5. The van der Waals surface area contributed by atoms with Crippen LogP contribution >= 0.6 is 0 Å². The average Bonchev–Trinajstić information content (AvgIpc) is 1.81. The first-order chi connectivity index (χ1) is 3.91. The second-order valence-corrected chi connectivity index (χ2v) is 1.46. The van der Waals surface area contributed by atoms with Gasteiger partial charge in [-0.25, -0.2) is 0 Å². The summed E-state index contributed by atoms with van der Waals surface area (Å²) in [5, 5.41) is 0. The summed E-state index contributed by atoms with van der Waals surface area (Å²) in [6, 6.07) is 0. The van der Waals surface area contributed by atoms with Gasteiger partial charge in [0, 0.05) is 26.0 Å². The van der Waals surface area contributed by atoms with E-state index in [0.717, 1.165) is 13.0 Å². The van der Waals surface area contributed by atoms with Crippen LogP contribution in [-0.4, -0.2) is 26.0 Å². The standard InChI is InChI=1S/C6H12N2/c1-3-4-8-6-5-7-2/h5-6H,3-4H2,1-2H3. The van der Waals surface area contributed by atoms with E-state index in [1.165, 1.54) is 0 Å². The zero-order chi connectivity index (χ0) is 6.24. The van der Waals surface area contributed by atoms with Gasteiger partial charge in [-0.05, 0) is 6.42 Å². The molecule has 0 aliphatic heterocycles. The Balaban J connectivity index is 3.07. The molecular formula is C6H12N2. The largest absolute Gasteiger partial charge is 0.295 e. The second-order valence-electron chi connectivity index (χ2n) is 1.46. The molecule has 8 heavy (non-hydrogen) atoms. The molecular weight excluding hydrogens is 100 g/mol. The van der Waals surface area contributed by atoms with Crippen molar-refractivity contribution in [1.82, 2.24) is 0 Å². The maximum Gasteiger partial charge on any atom is 0.0390 e. The van der Waals surface area contributed by atoms with Crippen LogP contribution in [0.5, 0.6) is 0 Å². The Morgan fingerprint density at radius 3 is 2.62 bits per heavy atom. The lowest BCUT2D eigenvalue weighted by molar-refractivity contribution is 0.938. The molecule has 0 fully saturated rings. The topological polar surface area (TPSA) is 24.7 Å². The molecule has 2 nitrogen and oxygen atoms in total. The van der Waals surface area contributed by atoms with Crippen LogP contribution in [0.15, 0.2) is 9.98 Å². The summed E-state index contributed by atoms with van der Waals surface area (Å²) in [4.78, 5) is 7.74. The van der Waals surface area contributed by atoms with Gasteiger partial charge in [0.25, 0.3) is 0 Å². The summed E-state index contributed by atoms with van der Waals surface area (Å²) >= 11 is 0. The molecule has 0 N–H and O–H groups in total. The summed E-state index contributed by atoms with van der Waals surface area (Å²) < 4.78 is 0. The van der Waals surface area contributed by atoms with E-state index in [2.05, 4.69) is 16.9 Å². The summed E-state index contributed by atoms with van der Waals surface area (Å²) in [6.07, 6.45) is 4.52. The monoisotopic (exact) mass is 112 g/mol. The first-order valence-corrected chi connectivity index (χ1v) is 2.82. The van der Waals surface area contributed by atoms with Crippen LogP contribution in [0, 0.1) is 0 Å². The predicted molar refractivity (Wildman–Crippen MR) is 38.1 cm³/mol. The molecule has 0 saturated carbocycles. The Morgan fingerprint density at radius 1 is 1.38 bits per heavy atom. The van der Waals surface area contributed by atoms with Gasteiger partial charge in [-0.3, -0.25) is 9.98 Å². The lowest BCUT2D eigenvalue weighted by Crippen LogP contribution is -1.78. The van der Waals surface area contributed by atoms with Gasteiger partial charge < -0.3 is 0 Å². The molecule has 0 bridgehead atoms. The number of hydrogen-bond donors (Lipinski definition) is 0. The van der Waals surface area contributed by atoms with Crippen LogP contribution in [0.25, 0.3) is 0 Å². The van der Waals surface area contributed by atoms with Gasteiger partial charge in [0.05, 0.1) is 0 Å². The van der Waals surface area contributed by atoms with Crippen molar-refractivity contribution in [3.05, 3.63) is 0 Å². The molecule has 0 aromatic heterocycles. The Bertz CT molecular complexity index is 84.5. The molecule has 0 aliphatic carbocycles. The summed E-state index contributed by atoms with van der Waals surface area (Å²) in [6.45, 7) is 3.01. The SMILES string of the molecule is CCCN=CC=NC. The number of rotatable bonds is 3. The van der Waals surface area contributed by atoms with Gasteiger partial charge in [-0.15, -0.1) is 0 Å². The molecule has 0 radical (unpaired) electrons. The molecule has 0 heterocycles. The summed E-state index contributed by atoms with van der Waals surface area (Å²) in [5.41, 5.74) is 0. The fourth-order valence-corrected chi connectivity index (χ4v) is 0.317. The van der Waals surface area contributed by atoms with E-state index in [4.69, 9.17) is 0 Å². The number of nitrogens with zero attached hydrogens (tertiary/aromatic N) is 2. The molecule has 0 rings (SSSR count). The van der Waals surface area contributed by atoms with Crippen molar-refractivity contribution in [1.29, 1.82) is 0 Å². The fraction of sp³-hybridized carbons (Fsp3) is 0.667. The van der Waals surface area contributed by atoms with Gasteiger partial charge in [0.1, 0.15) is 0 Å². The Morgan fingerprint density at radius 2 is 2.12 bits per heavy atom. The van der Waals surface area contributed by atoms with E-state index in [1.54, 1.807) is 19.5 Å². The minimum absolute atomic E-state index is 0.909. The van der Waals surface area contributed by atoms with Crippen LogP contribution in [0.3, 0.4) is 0 Å². The van der Waals surface area contributed by atoms with Crippen molar-refractivity contribution in [2.75, 3.05) is 13.6 Å². The van der Waals surface area contributed by atoms with Crippen molar-refractivity contribution in [2.24, 2.45) is 9.98 Å². The maximum atomic E-state index is 4.01. The number of aliphatic imine (C=N–C) groups is 2.